The van der Waals surface area contributed by atoms with Gasteiger partial charge in [-0.15, -0.1) is 11.6 Å². The first-order valence-electron chi connectivity index (χ1n) is 13.2. The molecule has 234 valence electrons. The Bertz CT molecular complexity index is 1630. The lowest BCUT2D eigenvalue weighted by molar-refractivity contribution is -0.141. The van der Waals surface area contributed by atoms with Gasteiger partial charge in [-0.3, -0.25) is 14.3 Å². The molecule has 4 rings (SSSR count). The molecule has 44 heavy (non-hydrogen) atoms. The average Bonchev–Trinajstić information content (AvgIpc) is 3.60. The van der Waals surface area contributed by atoms with E-state index in [1.807, 2.05) is 0 Å². The van der Waals surface area contributed by atoms with Crippen molar-refractivity contribution < 1.29 is 27.2 Å². The van der Waals surface area contributed by atoms with Gasteiger partial charge >= 0.3 is 6.18 Å². The van der Waals surface area contributed by atoms with Crippen LogP contribution < -0.4 is 10.6 Å². The second-order valence-corrected chi connectivity index (χ2v) is 12.4. The number of nitrogens with one attached hydrogen (secondary N) is 2. The van der Waals surface area contributed by atoms with E-state index >= 15 is 0 Å². The molecule has 3 heterocycles. The number of rotatable bonds is 11. The molecule has 1 unspecified atom stereocenters. The summed E-state index contributed by atoms with van der Waals surface area (Å²) < 4.78 is 61.4. The molecule has 3 aromatic heterocycles. The van der Waals surface area contributed by atoms with Crippen molar-refractivity contribution >= 4 is 50.9 Å². The Labute approximate surface area is 267 Å². The molecule has 0 bridgehead atoms. The van der Waals surface area contributed by atoms with Gasteiger partial charge in [-0.2, -0.15) is 18.3 Å². The number of alkyl halides is 4. The molecule has 0 aliphatic carbocycles. The summed E-state index contributed by atoms with van der Waals surface area (Å²) in [5.74, 6) is -1.69. The van der Waals surface area contributed by atoms with Gasteiger partial charge in [-0.25, -0.2) is 18.7 Å². The number of aryl methyl sites for hydroxylation is 1. The van der Waals surface area contributed by atoms with E-state index in [9.17, 15) is 27.2 Å². The highest BCUT2D eigenvalue weighted by atomic mass is 79.9. The van der Waals surface area contributed by atoms with Crippen molar-refractivity contribution in [2.45, 2.75) is 57.9 Å². The van der Waals surface area contributed by atoms with Gasteiger partial charge in [0.25, 0.3) is 5.91 Å². The number of aromatic nitrogens is 5. The molecular formula is C28H27BrClF4N7O2S. The van der Waals surface area contributed by atoms with E-state index in [-0.39, 0.29) is 36.5 Å². The Balaban J connectivity index is 1.61. The van der Waals surface area contributed by atoms with Gasteiger partial charge in [-0.1, -0.05) is 15.9 Å². The molecule has 0 aliphatic rings. The zero-order valence-corrected chi connectivity index (χ0v) is 26.8. The Morgan fingerprint density at radius 2 is 1.86 bits per heavy atom. The lowest BCUT2D eigenvalue weighted by Crippen LogP contribution is -2.55. The largest absolute Gasteiger partial charge is 0.435 e. The third-order valence-corrected chi connectivity index (χ3v) is 8.04. The van der Waals surface area contributed by atoms with Gasteiger partial charge in [0.15, 0.2) is 5.69 Å². The third kappa shape index (κ3) is 8.18. The number of benzene rings is 1. The minimum atomic E-state index is -4.72. The van der Waals surface area contributed by atoms with Gasteiger partial charge < -0.3 is 10.6 Å². The highest BCUT2D eigenvalue weighted by molar-refractivity contribution is 9.10. The van der Waals surface area contributed by atoms with Crippen molar-refractivity contribution in [1.29, 1.82) is 0 Å². The van der Waals surface area contributed by atoms with E-state index < -0.39 is 41.1 Å². The zero-order valence-electron chi connectivity index (χ0n) is 23.7. The standard InChI is InChI=1S/C28H27BrClF4N7O2S/c1-15-35-11-17(12-36-15)22-9-23(28(32,33)34)40-41(22)14-27(2,3)39-25(42)21(8-16-10-37-44-13-16)38-26(43)24-18(6-7-30)19(29)4-5-20(24)31/h4-5,9-13,21H,6-8,14H2,1-3H3,(H,38,43)(H,39,42). The normalized spacial score (nSPS) is 12.7. The maximum atomic E-state index is 14.9. The number of nitrogens with zero attached hydrogens (tertiary/aromatic N) is 5. The minimum absolute atomic E-state index is 0.0244. The maximum absolute atomic E-state index is 14.9. The van der Waals surface area contributed by atoms with E-state index in [1.165, 1.54) is 18.5 Å². The van der Waals surface area contributed by atoms with Crippen LogP contribution in [0.15, 0.2) is 46.6 Å². The van der Waals surface area contributed by atoms with Crippen LogP contribution in [-0.4, -0.2) is 53.4 Å². The van der Waals surface area contributed by atoms with Crippen LogP contribution in [0, 0.1) is 12.7 Å². The predicted molar refractivity (Wildman–Crippen MR) is 161 cm³/mol. The first kappa shape index (κ1) is 33.5. The number of halogens is 6. The molecular weight excluding hydrogens is 690 g/mol. The second-order valence-electron chi connectivity index (χ2n) is 10.5. The van der Waals surface area contributed by atoms with E-state index in [1.54, 1.807) is 32.3 Å². The van der Waals surface area contributed by atoms with Gasteiger partial charge in [0.1, 0.15) is 17.7 Å². The Hall–Kier alpha value is -3.43. The molecule has 9 nitrogen and oxygen atoms in total. The van der Waals surface area contributed by atoms with Crippen molar-refractivity contribution in [1.82, 2.24) is 34.8 Å². The molecule has 0 saturated heterocycles. The quantitative estimate of drug-likeness (QED) is 0.151. The minimum Gasteiger partial charge on any atom is -0.348 e. The van der Waals surface area contributed by atoms with Gasteiger partial charge in [0.2, 0.25) is 5.91 Å². The average molecular weight is 717 g/mol. The zero-order chi connectivity index (χ0) is 32.2. The Kier molecular flexibility index (Phi) is 10.4. The molecule has 0 saturated carbocycles. The molecule has 16 heteroatoms. The smallest absolute Gasteiger partial charge is 0.348 e. The summed E-state index contributed by atoms with van der Waals surface area (Å²) in [6.45, 7) is 4.67. The van der Waals surface area contributed by atoms with Crippen molar-refractivity contribution in [2.75, 3.05) is 5.88 Å². The SMILES string of the molecule is Cc1ncc(-c2cc(C(F)(F)F)nn2CC(C)(C)NC(=O)C(Cc2cnsc2)NC(=O)c2c(F)ccc(Br)c2CCCl)cn1. The number of hydrogen-bond donors (Lipinski definition) is 2. The first-order chi connectivity index (χ1) is 20.7. The lowest BCUT2D eigenvalue weighted by atomic mass is 10.0. The molecule has 0 spiro atoms. The lowest BCUT2D eigenvalue weighted by Gasteiger charge is -2.30. The number of carbonyl (C=O) groups excluding carboxylic acids is 2. The fourth-order valence-corrected chi connectivity index (χ4v) is 5.72. The highest BCUT2D eigenvalue weighted by Crippen LogP contribution is 2.32. The topological polar surface area (TPSA) is 115 Å². The van der Waals surface area contributed by atoms with Gasteiger partial charge in [-0.05, 0) is 68.1 Å². The van der Waals surface area contributed by atoms with Crippen LogP contribution in [0.4, 0.5) is 17.6 Å². The van der Waals surface area contributed by atoms with Gasteiger partial charge in [0, 0.05) is 46.3 Å². The Morgan fingerprint density at radius 1 is 1.16 bits per heavy atom. The van der Waals surface area contributed by atoms with E-state index in [0.717, 1.165) is 28.3 Å². The predicted octanol–water partition coefficient (Wildman–Crippen LogP) is 5.74. The van der Waals surface area contributed by atoms with Crippen molar-refractivity contribution in [3.8, 4) is 11.3 Å². The van der Waals surface area contributed by atoms with Crippen molar-refractivity contribution in [3.05, 3.63) is 80.7 Å². The van der Waals surface area contributed by atoms with Gasteiger partial charge in [0.05, 0.1) is 23.3 Å². The van der Waals surface area contributed by atoms with E-state index in [4.69, 9.17) is 11.6 Å². The monoisotopic (exact) mass is 715 g/mol. The molecule has 1 atom stereocenters. The van der Waals surface area contributed by atoms with Crippen LogP contribution in [0.25, 0.3) is 11.3 Å². The molecule has 1 aromatic carbocycles. The number of amides is 2. The van der Waals surface area contributed by atoms with Crippen LogP contribution in [0.5, 0.6) is 0 Å². The summed E-state index contributed by atoms with van der Waals surface area (Å²) in [4.78, 5) is 35.2. The first-order valence-corrected chi connectivity index (χ1v) is 15.3. The summed E-state index contributed by atoms with van der Waals surface area (Å²) >= 11 is 10.4. The summed E-state index contributed by atoms with van der Waals surface area (Å²) in [7, 11) is 0. The van der Waals surface area contributed by atoms with Crippen LogP contribution in [0.3, 0.4) is 0 Å². The van der Waals surface area contributed by atoms with Crippen LogP contribution in [0.1, 0.15) is 46.9 Å². The third-order valence-electron chi connectivity index (χ3n) is 6.48. The fraction of sp³-hybridized carbons (Fsp3) is 0.357. The van der Waals surface area contributed by atoms with Crippen LogP contribution >= 0.6 is 39.1 Å². The van der Waals surface area contributed by atoms with Crippen molar-refractivity contribution in [3.63, 3.8) is 0 Å². The number of carbonyl (C=O) groups is 2. The maximum Gasteiger partial charge on any atom is 0.435 e. The second kappa shape index (κ2) is 13.7. The molecule has 0 fully saturated rings. The Morgan fingerprint density at radius 3 is 2.48 bits per heavy atom. The van der Waals surface area contributed by atoms with Crippen LogP contribution in [-0.2, 0) is 30.4 Å². The molecule has 2 N–H and O–H groups in total. The summed E-state index contributed by atoms with van der Waals surface area (Å²) in [5, 5.41) is 10.9. The summed E-state index contributed by atoms with van der Waals surface area (Å²) in [5.41, 5.74) is -1.14. The highest BCUT2D eigenvalue weighted by Gasteiger charge is 2.37. The number of hydrogen-bond acceptors (Lipinski definition) is 7. The molecule has 2 amide bonds. The van der Waals surface area contributed by atoms with Crippen molar-refractivity contribution in [2.24, 2.45) is 0 Å². The van der Waals surface area contributed by atoms with E-state index in [0.29, 0.717) is 27.0 Å². The fourth-order valence-electron chi connectivity index (χ4n) is 4.45. The van der Waals surface area contributed by atoms with E-state index in [2.05, 4.69) is 46.0 Å². The van der Waals surface area contributed by atoms with Crippen LogP contribution in [0.2, 0.25) is 0 Å². The summed E-state index contributed by atoms with van der Waals surface area (Å²) in [6.07, 6.45) is -0.176. The molecule has 0 aliphatic heterocycles. The molecule has 4 aromatic rings. The molecule has 0 radical (unpaired) electrons. The summed E-state index contributed by atoms with van der Waals surface area (Å²) in [6, 6.07) is 2.31.